The van der Waals surface area contributed by atoms with E-state index in [1.165, 1.54) is 0 Å². The summed E-state index contributed by atoms with van der Waals surface area (Å²) in [6.07, 6.45) is 5.21. The summed E-state index contributed by atoms with van der Waals surface area (Å²) in [7, 11) is 1.61. The van der Waals surface area contributed by atoms with Gasteiger partial charge in [-0.15, -0.1) is 0 Å². The van der Waals surface area contributed by atoms with Crippen LogP contribution in [0.3, 0.4) is 0 Å². The summed E-state index contributed by atoms with van der Waals surface area (Å²) >= 11 is 12.5. The number of furan rings is 1. The molecule has 0 spiro atoms. The van der Waals surface area contributed by atoms with Crippen LogP contribution >= 0.6 is 23.2 Å². The summed E-state index contributed by atoms with van der Waals surface area (Å²) < 4.78 is 11.4. The highest BCUT2D eigenvalue weighted by Crippen LogP contribution is 2.40. The van der Waals surface area contributed by atoms with Gasteiger partial charge in [0, 0.05) is 52.3 Å². The van der Waals surface area contributed by atoms with Crippen molar-refractivity contribution in [3.8, 4) is 16.9 Å². The Bertz CT molecular complexity index is 1110. The average Bonchev–Trinajstić information content (AvgIpc) is 3.15. The van der Waals surface area contributed by atoms with Crippen molar-refractivity contribution >= 4 is 45.7 Å². The van der Waals surface area contributed by atoms with E-state index in [-0.39, 0.29) is 5.91 Å². The smallest absolute Gasteiger partial charge is 0.246 e. The van der Waals surface area contributed by atoms with Crippen LogP contribution in [0.2, 0.25) is 10.0 Å². The Kier molecular flexibility index (Phi) is 7.69. The molecular formula is C25H27Cl2NO3. The van der Waals surface area contributed by atoms with Gasteiger partial charge in [0.2, 0.25) is 5.91 Å². The van der Waals surface area contributed by atoms with E-state index in [0.717, 1.165) is 53.6 Å². The molecule has 6 heteroatoms. The summed E-state index contributed by atoms with van der Waals surface area (Å²) in [4.78, 5) is 14.7. The number of nitrogens with zero attached hydrogens (tertiary/aromatic N) is 1. The number of ether oxygens (including phenoxy) is 1. The zero-order valence-electron chi connectivity index (χ0n) is 18.3. The maximum Gasteiger partial charge on any atom is 0.246 e. The molecule has 0 aliphatic rings. The molecule has 164 valence electrons. The number of carbonyl (C=O) groups excluding carboxylic acids is 1. The first kappa shape index (κ1) is 23.2. The summed E-state index contributed by atoms with van der Waals surface area (Å²) in [5.74, 6) is 0.659. The normalized spacial score (nSPS) is 11.7. The number of hydrogen-bond acceptors (Lipinski definition) is 3. The van der Waals surface area contributed by atoms with Gasteiger partial charge in [-0.05, 0) is 43.5 Å². The van der Waals surface area contributed by atoms with Crippen LogP contribution in [0.5, 0.6) is 5.75 Å². The average molecular weight is 460 g/mol. The molecular weight excluding hydrogens is 433 g/mol. The third kappa shape index (κ3) is 5.08. The molecule has 2 aromatic carbocycles. The van der Waals surface area contributed by atoms with Crippen LogP contribution in [0, 0.1) is 0 Å². The van der Waals surface area contributed by atoms with E-state index in [0.29, 0.717) is 21.4 Å². The number of halogens is 2. The first-order valence-electron chi connectivity index (χ1n) is 10.4. The van der Waals surface area contributed by atoms with Gasteiger partial charge in [0.15, 0.2) is 0 Å². The number of carbonyl (C=O) groups is 1. The number of rotatable bonds is 8. The van der Waals surface area contributed by atoms with Crippen LogP contribution in [-0.2, 0) is 4.79 Å². The van der Waals surface area contributed by atoms with Gasteiger partial charge in [-0.2, -0.15) is 0 Å². The lowest BCUT2D eigenvalue weighted by molar-refractivity contribution is -0.126. The van der Waals surface area contributed by atoms with Crippen molar-refractivity contribution in [3.63, 3.8) is 0 Å². The molecule has 1 amide bonds. The van der Waals surface area contributed by atoms with E-state index in [4.69, 9.17) is 32.4 Å². The zero-order valence-corrected chi connectivity index (χ0v) is 19.8. The van der Waals surface area contributed by atoms with Gasteiger partial charge in [-0.1, -0.05) is 43.1 Å². The Morgan fingerprint density at radius 3 is 2.42 bits per heavy atom. The van der Waals surface area contributed by atoms with E-state index < -0.39 is 0 Å². The lowest BCUT2D eigenvalue weighted by Crippen LogP contribution is -2.31. The Morgan fingerprint density at radius 2 is 1.81 bits per heavy atom. The maximum atomic E-state index is 12.8. The molecule has 3 rings (SSSR count). The largest absolute Gasteiger partial charge is 0.496 e. The van der Waals surface area contributed by atoms with E-state index in [2.05, 4.69) is 13.8 Å². The second-order valence-corrected chi connectivity index (χ2v) is 8.32. The third-order valence-corrected chi connectivity index (χ3v) is 5.73. The second-order valence-electron chi connectivity index (χ2n) is 7.47. The van der Waals surface area contributed by atoms with E-state index in [1.54, 1.807) is 31.6 Å². The fraction of sp³-hybridized carbons (Fsp3) is 0.320. The maximum absolute atomic E-state index is 12.8. The molecule has 0 aliphatic heterocycles. The number of fused-ring (bicyclic) bond motifs is 1. The monoisotopic (exact) mass is 459 g/mol. The van der Waals surface area contributed by atoms with Crippen LogP contribution in [0.1, 0.15) is 39.2 Å². The van der Waals surface area contributed by atoms with Crippen LogP contribution < -0.4 is 4.74 Å². The number of allylic oxidation sites excluding steroid dienone is 1. The molecule has 1 heterocycles. The predicted octanol–water partition coefficient (Wildman–Crippen LogP) is 7.47. The van der Waals surface area contributed by atoms with Crippen LogP contribution in [0.15, 0.2) is 47.1 Å². The summed E-state index contributed by atoms with van der Waals surface area (Å²) in [6.45, 7) is 7.56. The first-order chi connectivity index (χ1) is 14.9. The molecule has 4 nitrogen and oxygen atoms in total. The van der Waals surface area contributed by atoms with Crippen molar-refractivity contribution in [1.29, 1.82) is 0 Å². The lowest BCUT2D eigenvalue weighted by Gasteiger charge is -2.20. The second kappa shape index (κ2) is 10.3. The van der Waals surface area contributed by atoms with E-state index in [1.807, 2.05) is 30.0 Å². The van der Waals surface area contributed by atoms with E-state index >= 15 is 0 Å². The molecule has 31 heavy (non-hydrogen) atoms. The zero-order chi connectivity index (χ0) is 22.5. The number of benzene rings is 2. The van der Waals surface area contributed by atoms with Gasteiger partial charge >= 0.3 is 0 Å². The highest BCUT2D eigenvalue weighted by atomic mass is 35.5. The predicted molar refractivity (Wildman–Crippen MR) is 129 cm³/mol. The fourth-order valence-corrected chi connectivity index (χ4v) is 4.19. The van der Waals surface area contributed by atoms with Gasteiger partial charge in [-0.3, -0.25) is 4.79 Å². The van der Waals surface area contributed by atoms with Crippen molar-refractivity contribution in [1.82, 2.24) is 4.90 Å². The van der Waals surface area contributed by atoms with Crippen LogP contribution in [-0.4, -0.2) is 31.0 Å². The van der Waals surface area contributed by atoms with Crippen molar-refractivity contribution in [2.75, 3.05) is 20.2 Å². The van der Waals surface area contributed by atoms with E-state index in [9.17, 15) is 4.79 Å². The van der Waals surface area contributed by atoms with Gasteiger partial charge in [0.25, 0.3) is 0 Å². The summed E-state index contributed by atoms with van der Waals surface area (Å²) in [5.41, 5.74) is 4.03. The van der Waals surface area contributed by atoms with Crippen LogP contribution in [0.4, 0.5) is 0 Å². The summed E-state index contributed by atoms with van der Waals surface area (Å²) in [6, 6.07) is 9.21. The molecule has 0 bridgehead atoms. The highest BCUT2D eigenvalue weighted by Gasteiger charge is 2.17. The van der Waals surface area contributed by atoms with Crippen molar-refractivity contribution in [3.05, 3.63) is 58.3 Å². The minimum Gasteiger partial charge on any atom is -0.496 e. The number of methoxy groups -OCH3 is 1. The van der Waals surface area contributed by atoms with Crippen LogP contribution in [0.25, 0.3) is 27.7 Å². The van der Waals surface area contributed by atoms with Gasteiger partial charge < -0.3 is 14.1 Å². The SMILES string of the molecule is CCCN(CCC)C(=O)/C=C(\C)c1cc2c(-c3ccc(Cl)cc3Cl)coc2cc1OC. The molecule has 1 aromatic heterocycles. The molecule has 0 atom stereocenters. The van der Waals surface area contributed by atoms with Crippen molar-refractivity contribution in [2.45, 2.75) is 33.6 Å². The minimum atomic E-state index is 0.0107. The molecule has 3 aromatic rings. The Balaban J connectivity index is 2.08. The highest BCUT2D eigenvalue weighted by molar-refractivity contribution is 6.36. The quantitative estimate of drug-likeness (QED) is 0.328. The number of amides is 1. The third-order valence-electron chi connectivity index (χ3n) is 5.18. The summed E-state index contributed by atoms with van der Waals surface area (Å²) in [5, 5.41) is 2.01. The molecule has 0 saturated carbocycles. The Hall–Kier alpha value is -2.43. The molecule has 0 unspecified atom stereocenters. The Morgan fingerprint density at radius 1 is 1.10 bits per heavy atom. The molecule has 0 saturated heterocycles. The fourth-order valence-electron chi connectivity index (χ4n) is 3.67. The lowest BCUT2D eigenvalue weighted by atomic mass is 9.99. The number of hydrogen-bond donors (Lipinski definition) is 0. The molecule has 0 radical (unpaired) electrons. The Labute approximate surface area is 193 Å². The van der Waals surface area contributed by atoms with Gasteiger partial charge in [-0.25, -0.2) is 0 Å². The topological polar surface area (TPSA) is 42.7 Å². The molecule has 0 fully saturated rings. The van der Waals surface area contributed by atoms with Gasteiger partial charge in [0.05, 0.1) is 18.4 Å². The van der Waals surface area contributed by atoms with Crippen molar-refractivity contribution in [2.24, 2.45) is 0 Å². The molecule has 0 aliphatic carbocycles. The van der Waals surface area contributed by atoms with Crippen molar-refractivity contribution < 1.29 is 13.9 Å². The minimum absolute atomic E-state index is 0.0107. The first-order valence-corrected chi connectivity index (χ1v) is 11.2. The standard InChI is InChI=1S/C25H27Cl2NO3/c1-5-9-28(10-6-2)25(29)11-16(3)19-13-20-21(15-31-24(20)14-23(19)30-4)18-8-7-17(26)12-22(18)27/h7-8,11-15H,5-6,9-10H2,1-4H3/b16-11+. The molecule has 0 N–H and O–H groups in total. The van der Waals surface area contributed by atoms with Gasteiger partial charge in [0.1, 0.15) is 11.3 Å².